The molecule has 0 radical (unpaired) electrons. The van der Waals surface area contributed by atoms with Crippen LogP contribution in [0.3, 0.4) is 0 Å². The van der Waals surface area contributed by atoms with Gasteiger partial charge in [0.25, 0.3) is 0 Å². The van der Waals surface area contributed by atoms with Crippen LogP contribution in [0, 0.1) is 5.92 Å². The molecule has 2 fully saturated rings. The third kappa shape index (κ3) is 3.37. The summed E-state index contributed by atoms with van der Waals surface area (Å²) >= 11 is 0. The third-order valence-corrected chi connectivity index (χ3v) is 4.47. The van der Waals surface area contributed by atoms with Gasteiger partial charge >= 0.3 is 6.01 Å². The van der Waals surface area contributed by atoms with E-state index in [0.29, 0.717) is 36.5 Å². The normalized spacial score (nSPS) is 26.6. The number of hydrogen-bond donors (Lipinski definition) is 1. The van der Waals surface area contributed by atoms with Gasteiger partial charge < -0.3 is 14.6 Å². The van der Waals surface area contributed by atoms with Gasteiger partial charge in [0.05, 0.1) is 6.54 Å². The SMILES string of the molecule is CC(C)CNCc1nnc(N2CC3CCCN3CC2C)o1. The quantitative estimate of drug-likeness (QED) is 0.887. The Hall–Kier alpha value is -1.14. The zero-order chi connectivity index (χ0) is 14.8. The van der Waals surface area contributed by atoms with Crippen LogP contribution >= 0.6 is 0 Å². The van der Waals surface area contributed by atoms with Crippen LogP contribution in [0.2, 0.25) is 0 Å². The monoisotopic (exact) mass is 293 g/mol. The van der Waals surface area contributed by atoms with E-state index in [-0.39, 0.29) is 0 Å². The summed E-state index contributed by atoms with van der Waals surface area (Å²) in [6.45, 7) is 11.6. The number of fused-ring (bicyclic) bond motifs is 1. The van der Waals surface area contributed by atoms with Crippen molar-refractivity contribution in [3.05, 3.63) is 5.89 Å². The molecule has 118 valence electrons. The van der Waals surface area contributed by atoms with Crippen LogP contribution in [0.4, 0.5) is 6.01 Å². The zero-order valence-electron chi connectivity index (χ0n) is 13.4. The number of nitrogens with zero attached hydrogens (tertiary/aromatic N) is 4. The molecule has 0 aliphatic carbocycles. The Morgan fingerprint density at radius 2 is 2.19 bits per heavy atom. The van der Waals surface area contributed by atoms with Crippen LogP contribution in [0.25, 0.3) is 0 Å². The molecule has 0 aromatic carbocycles. The second-order valence-electron chi connectivity index (χ2n) is 6.80. The number of rotatable bonds is 5. The molecule has 1 aromatic heterocycles. The highest BCUT2D eigenvalue weighted by atomic mass is 16.4. The molecule has 2 saturated heterocycles. The standard InChI is InChI=1S/C15H27N5O/c1-11(2)7-16-8-14-17-18-15(21-14)20-10-13-5-4-6-19(13)9-12(20)3/h11-13,16H,4-10H2,1-3H3. The molecule has 0 spiro atoms. The van der Waals surface area contributed by atoms with Crippen molar-refractivity contribution in [1.82, 2.24) is 20.4 Å². The fraction of sp³-hybridized carbons (Fsp3) is 0.867. The van der Waals surface area contributed by atoms with Crippen molar-refractivity contribution >= 4 is 6.01 Å². The average Bonchev–Trinajstić information content (AvgIpc) is 3.05. The molecule has 6 heteroatoms. The molecule has 1 N–H and O–H groups in total. The van der Waals surface area contributed by atoms with Crippen LogP contribution in [0.1, 0.15) is 39.5 Å². The lowest BCUT2D eigenvalue weighted by Crippen LogP contribution is -2.55. The number of anilines is 1. The number of aromatic nitrogens is 2. The summed E-state index contributed by atoms with van der Waals surface area (Å²) in [5.41, 5.74) is 0. The van der Waals surface area contributed by atoms with Crippen LogP contribution in [-0.2, 0) is 6.54 Å². The molecule has 2 aliphatic rings. The lowest BCUT2D eigenvalue weighted by molar-refractivity contribution is 0.197. The molecule has 1 aromatic rings. The van der Waals surface area contributed by atoms with E-state index in [1.165, 1.54) is 19.4 Å². The van der Waals surface area contributed by atoms with Gasteiger partial charge in [0, 0.05) is 25.2 Å². The highest BCUT2D eigenvalue weighted by Gasteiger charge is 2.36. The first-order chi connectivity index (χ1) is 10.1. The first kappa shape index (κ1) is 14.8. The van der Waals surface area contributed by atoms with Crippen molar-refractivity contribution < 1.29 is 4.42 Å². The van der Waals surface area contributed by atoms with Gasteiger partial charge in [-0.2, -0.15) is 0 Å². The summed E-state index contributed by atoms with van der Waals surface area (Å²) in [6, 6.07) is 1.79. The lowest BCUT2D eigenvalue weighted by atomic mass is 10.1. The zero-order valence-corrected chi connectivity index (χ0v) is 13.4. The largest absolute Gasteiger partial charge is 0.407 e. The Kier molecular flexibility index (Phi) is 4.45. The van der Waals surface area contributed by atoms with Crippen molar-refractivity contribution in [3.8, 4) is 0 Å². The minimum atomic E-state index is 0.441. The Labute approximate surface area is 126 Å². The molecule has 6 nitrogen and oxygen atoms in total. The summed E-state index contributed by atoms with van der Waals surface area (Å²) in [6.07, 6.45) is 2.61. The third-order valence-electron chi connectivity index (χ3n) is 4.47. The average molecular weight is 293 g/mol. The van der Waals surface area contributed by atoms with E-state index in [1.807, 2.05) is 0 Å². The summed E-state index contributed by atoms with van der Waals surface area (Å²) in [5.74, 6) is 1.31. The molecule has 0 amide bonds. The second kappa shape index (κ2) is 6.32. The molecular formula is C15H27N5O. The molecule has 2 aliphatic heterocycles. The summed E-state index contributed by atoms with van der Waals surface area (Å²) < 4.78 is 5.85. The lowest BCUT2D eigenvalue weighted by Gasteiger charge is -2.41. The van der Waals surface area contributed by atoms with E-state index in [4.69, 9.17) is 4.42 Å². The van der Waals surface area contributed by atoms with Gasteiger partial charge in [-0.05, 0) is 38.8 Å². The Balaban J connectivity index is 1.60. The Bertz CT molecular complexity index is 461. The summed E-state index contributed by atoms with van der Waals surface area (Å²) in [4.78, 5) is 4.88. The fourth-order valence-corrected chi connectivity index (χ4v) is 3.35. The van der Waals surface area contributed by atoms with Crippen molar-refractivity contribution in [1.29, 1.82) is 0 Å². The molecule has 3 heterocycles. The highest BCUT2D eigenvalue weighted by Crippen LogP contribution is 2.27. The van der Waals surface area contributed by atoms with E-state index >= 15 is 0 Å². The van der Waals surface area contributed by atoms with Crippen LogP contribution in [-0.4, -0.2) is 53.4 Å². The minimum absolute atomic E-state index is 0.441. The van der Waals surface area contributed by atoms with Gasteiger partial charge in [-0.1, -0.05) is 18.9 Å². The molecule has 0 bridgehead atoms. The smallest absolute Gasteiger partial charge is 0.318 e. The van der Waals surface area contributed by atoms with E-state index in [2.05, 4.69) is 46.1 Å². The maximum atomic E-state index is 5.85. The van der Waals surface area contributed by atoms with Gasteiger partial charge in [-0.3, -0.25) is 4.90 Å². The van der Waals surface area contributed by atoms with Crippen LogP contribution in [0.5, 0.6) is 0 Å². The van der Waals surface area contributed by atoms with E-state index in [1.54, 1.807) is 0 Å². The fourth-order valence-electron chi connectivity index (χ4n) is 3.35. The highest BCUT2D eigenvalue weighted by molar-refractivity contribution is 5.29. The molecule has 2 unspecified atom stereocenters. The predicted octanol–water partition coefficient (Wildman–Crippen LogP) is 1.49. The van der Waals surface area contributed by atoms with Crippen LogP contribution < -0.4 is 10.2 Å². The molecular weight excluding hydrogens is 266 g/mol. The van der Waals surface area contributed by atoms with Crippen molar-refractivity contribution in [2.75, 3.05) is 31.1 Å². The van der Waals surface area contributed by atoms with E-state index in [9.17, 15) is 0 Å². The maximum absolute atomic E-state index is 5.85. The van der Waals surface area contributed by atoms with Crippen molar-refractivity contribution in [2.24, 2.45) is 5.92 Å². The van der Waals surface area contributed by atoms with Gasteiger partial charge in [-0.15, -0.1) is 5.10 Å². The molecule has 0 saturated carbocycles. The first-order valence-electron chi connectivity index (χ1n) is 8.17. The summed E-state index contributed by atoms with van der Waals surface area (Å²) in [7, 11) is 0. The van der Waals surface area contributed by atoms with Gasteiger partial charge in [-0.25, -0.2) is 0 Å². The molecule has 2 atom stereocenters. The predicted molar refractivity (Wildman–Crippen MR) is 82.2 cm³/mol. The van der Waals surface area contributed by atoms with Crippen molar-refractivity contribution in [3.63, 3.8) is 0 Å². The maximum Gasteiger partial charge on any atom is 0.318 e. The number of nitrogens with one attached hydrogen (secondary N) is 1. The Morgan fingerprint density at radius 3 is 3.00 bits per heavy atom. The van der Waals surface area contributed by atoms with E-state index in [0.717, 1.165) is 19.6 Å². The molecule has 3 rings (SSSR count). The second-order valence-corrected chi connectivity index (χ2v) is 6.80. The van der Waals surface area contributed by atoms with Crippen molar-refractivity contribution in [2.45, 2.75) is 52.2 Å². The molecule has 21 heavy (non-hydrogen) atoms. The Morgan fingerprint density at radius 1 is 1.33 bits per heavy atom. The van der Waals surface area contributed by atoms with Gasteiger partial charge in [0.1, 0.15) is 0 Å². The van der Waals surface area contributed by atoms with Gasteiger partial charge in [0.15, 0.2) is 0 Å². The number of hydrogen-bond acceptors (Lipinski definition) is 6. The minimum Gasteiger partial charge on any atom is -0.407 e. The first-order valence-corrected chi connectivity index (χ1v) is 8.17. The van der Waals surface area contributed by atoms with Gasteiger partial charge in [0.2, 0.25) is 5.89 Å². The van der Waals surface area contributed by atoms with Crippen LogP contribution in [0.15, 0.2) is 4.42 Å². The topological polar surface area (TPSA) is 57.4 Å². The number of piperazine rings is 1. The summed E-state index contributed by atoms with van der Waals surface area (Å²) in [5, 5.41) is 11.8. The van der Waals surface area contributed by atoms with E-state index < -0.39 is 0 Å².